The van der Waals surface area contributed by atoms with E-state index in [2.05, 4.69) is 36.4 Å². The maximum atomic E-state index is 3.68. The van der Waals surface area contributed by atoms with Gasteiger partial charge in [-0.2, -0.15) is 0 Å². The summed E-state index contributed by atoms with van der Waals surface area (Å²) in [5, 5.41) is 7.23. The maximum Gasteiger partial charge on any atom is 0.0192 e. The molecule has 0 aliphatic carbocycles. The lowest BCUT2D eigenvalue weighted by molar-refractivity contribution is 0.205. The van der Waals surface area contributed by atoms with E-state index in [4.69, 9.17) is 0 Å². The highest BCUT2D eigenvalue weighted by molar-refractivity contribution is 4.87. The average Bonchev–Trinajstić information content (AvgIpc) is 2.89. The van der Waals surface area contributed by atoms with Crippen molar-refractivity contribution in [2.45, 2.75) is 39.2 Å². The van der Waals surface area contributed by atoms with Crippen molar-refractivity contribution in [2.75, 3.05) is 39.8 Å². The molecule has 2 aliphatic rings. The summed E-state index contributed by atoms with van der Waals surface area (Å²) in [6.07, 6.45) is 4.07. The fraction of sp³-hybridized carbons (Fsp3) is 1.00. The first kappa shape index (κ1) is 13.3. The van der Waals surface area contributed by atoms with E-state index < -0.39 is 0 Å². The predicted molar refractivity (Wildman–Crippen MR) is 73.3 cm³/mol. The summed E-state index contributed by atoms with van der Waals surface area (Å²) in [4.78, 5) is 2.46. The lowest BCUT2D eigenvalue weighted by atomic mass is 9.78. The molecule has 3 nitrogen and oxygen atoms in total. The number of likely N-dealkylation sites (tertiary alicyclic amines) is 1. The van der Waals surface area contributed by atoms with Crippen LogP contribution in [0.3, 0.4) is 0 Å². The Kier molecular flexibility index (Phi) is 4.45. The fourth-order valence-electron chi connectivity index (χ4n) is 3.22. The van der Waals surface area contributed by atoms with Gasteiger partial charge in [0.05, 0.1) is 0 Å². The van der Waals surface area contributed by atoms with E-state index in [9.17, 15) is 0 Å². The highest BCUT2D eigenvalue weighted by atomic mass is 15.1. The zero-order chi connectivity index (χ0) is 12.3. The molecule has 2 N–H and O–H groups in total. The van der Waals surface area contributed by atoms with E-state index in [-0.39, 0.29) is 0 Å². The van der Waals surface area contributed by atoms with Gasteiger partial charge in [-0.3, -0.25) is 0 Å². The van der Waals surface area contributed by atoms with Crippen LogP contribution in [0.15, 0.2) is 0 Å². The minimum Gasteiger partial charge on any atom is -0.315 e. The van der Waals surface area contributed by atoms with Crippen LogP contribution in [0.25, 0.3) is 0 Å². The normalized spacial score (nSPS) is 31.2. The molecule has 2 heterocycles. The molecule has 2 saturated heterocycles. The molecule has 0 radical (unpaired) electrons. The third kappa shape index (κ3) is 3.67. The Labute approximate surface area is 106 Å². The summed E-state index contributed by atoms with van der Waals surface area (Å²) in [7, 11) is 2.24. The first-order valence-electron chi connectivity index (χ1n) is 7.20. The van der Waals surface area contributed by atoms with Crippen LogP contribution in [0.4, 0.5) is 0 Å². The lowest BCUT2D eigenvalue weighted by Gasteiger charge is -2.32. The Balaban J connectivity index is 1.69. The number of hydrogen-bond donors (Lipinski definition) is 2. The van der Waals surface area contributed by atoms with E-state index in [1.165, 1.54) is 38.9 Å². The van der Waals surface area contributed by atoms with Crippen LogP contribution >= 0.6 is 0 Å². The van der Waals surface area contributed by atoms with Gasteiger partial charge in [0.1, 0.15) is 0 Å². The molecular formula is C14H29N3. The SMILES string of the molecule is CN1CCC(C(C)(C)CNCC2CCCN2)C1. The van der Waals surface area contributed by atoms with Crippen LogP contribution in [0, 0.1) is 11.3 Å². The molecule has 2 atom stereocenters. The van der Waals surface area contributed by atoms with Gasteiger partial charge >= 0.3 is 0 Å². The lowest BCUT2D eigenvalue weighted by Crippen LogP contribution is -2.41. The molecule has 0 aromatic heterocycles. The van der Waals surface area contributed by atoms with Crippen molar-refractivity contribution in [3.05, 3.63) is 0 Å². The summed E-state index contributed by atoms with van der Waals surface area (Å²) >= 11 is 0. The Morgan fingerprint density at radius 3 is 2.76 bits per heavy atom. The molecule has 2 aliphatic heterocycles. The second kappa shape index (κ2) is 5.68. The predicted octanol–water partition coefficient (Wildman–Crippen LogP) is 1.31. The second-order valence-corrected chi connectivity index (χ2v) is 6.66. The van der Waals surface area contributed by atoms with E-state index >= 15 is 0 Å². The number of hydrogen-bond acceptors (Lipinski definition) is 3. The van der Waals surface area contributed by atoms with Gasteiger partial charge in [0, 0.05) is 25.7 Å². The molecule has 2 unspecified atom stereocenters. The first-order chi connectivity index (χ1) is 8.08. The molecule has 2 fully saturated rings. The van der Waals surface area contributed by atoms with E-state index in [1.807, 2.05) is 0 Å². The van der Waals surface area contributed by atoms with Crippen molar-refractivity contribution < 1.29 is 0 Å². The minimum absolute atomic E-state index is 0.434. The third-order valence-corrected chi connectivity index (χ3v) is 4.63. The van der Waals surface area contributed by atoms with E-state index in [0.717, 1.165) is 25.0 Å². The maximum absolute atomic E-state index is 3.68. The molecule has 0 saturated carbocycles. The molecule has 2 rings (SSSR count). The van der Waals surface area contributed by atoms with Crippen molar-refractivity contribution in [1.82, 2.24) is 15.5 Å². The molecule has 0 spiro atoms. The zero-order valence-electron chi connectivity index (χ0n) is 11.8. The monoisotopic (exact) mass is 239 g/mol. The minimum atomic E-state index is 0.434. The molecule has 0 amide bonds. The van der Waals surface area contributed by atoms with Crippen molar-refractivity contribution in [3.8, 4) is 0 Å². The van der Waals surface area contributed by atoms with Crippen LogP contribution in [-0.4, -0.2) is 50.7 Å². The Morgan fingerprint density at radius 1 is 1.35 bits per heavy atom. The average molecular weight is 239 g/mol. The van der Waals surface area contributed by atoms with Gasteiger partial charge in [0.15, 0.2) is 0 Å². The van der Waals surface area contributed by atoms with Crippen molar-refractivity contribution in [3.63, 3.8) is 0 Å². The Morgan fingerprint density at radius 2 is 2.18 bits per heavy atom. The smallest absolute Gasteiger partial charge is 0.0192 e. The fourth-order valence-corrected chi connectivity index (χ4v) is 3.22. The third-order valence-electron chi connectivity index (χ3n) is 4.63. The van der Waals surface area contributed by atoms with E-state index in [0.29, 0.717) is 5.41 Å². The van der Waals surface area contributed by atoms with Crippen LogP contribution in [-0.2, 0) is 0 Å². The molecule has 0 aromatic rings. The van der Waals surface area contributed by atoms with Gasteiger partial charge < -0.3 is 15.5 Å². The molecular weight excluding hydrogens is 210 g/mol. The quantitative estimate of drug-likeness (QED) is 0.757. The Bertz CT molecular complexity index is 234. The summed E-state index contributed by atoms with van der Waals surface area (Å²) in [6.45, 7) is 10.9. The van der Waals surface area contributed by atoms with E-state index in [1.54, 1.807) is 0 Å². The van der Waals surface area contributed by atoms with Crippen LogP contribution < -0.4 is 10.6 Å². The molecule has 3 heteroatoms. The van der Waals surface area contributed by atoms with Gasteiger partial charge in [-0.15, -0.1) is 0 Å². The van der Waals surface area contributed by atoms with Gasteiger partial charge in [-0.25, -0.2) is 0 Å². The van der Waals surface area contributed by atoms with Gasteiger partial charge in [-0.05, 0) is 50.7 Å². The van der Waals surface area contributed by atoms with Crippen LogP contribution in [0.5, 0.6) is 0 Å². The van der Waals surface area contributed by atoms with Gasteiger partial charge in [0.2, 0.25) is 0 Å². The number of nitrogens with one attached hydrogen (secondary N) is 2. The van der Waals surface area contributed by atoms with Crippen molar-refractivity contribution in [1.29, 1.82) is 0 Å². The molecule has 17 heavy (non-hydrogen) atoms. The van der Waals surface area contributed by atoms with Crippen LogP contribution in [0.2, 0.25) is 0 Å². The summed E-state index contributed by atoms with van der Waals surface area (Å²) in [6, 6.07) is 0.719. The largest absolute Gasteiger partial charge is 0.315 e. The second-order valence-electron chi connectivity index (χ2n) is 6.66. The summed E-state index contributed by atoms with van der Waals surface area (Å²) in [5.74, 6) is 0.858. The molecule has 100 valence electrons. The topological polar surface area (TPSA) is 27.3 Å². The van der Waals surface area contributed by atoms with Crippen molar-refractivity contribution >= 4 is 0 Å². The zero-order valence-corrected chi connectivity index (χ0v) is 11.8. The standard InChI is InChI=1S/C14H29N3/c1-14(2,12-6-8-17(3)10-12)11-15-9-13-5-4-7-16-13/h12-13,15-16H,4-11H2,1-3H3. The van der Waals surface area contributed by atoms with Crippen LogP contribution in [0.1, 0.15) is 33.1 Å². The molecule has 0 aromatic carbocycles. The molecule has 0 bridgehead atoms. The number of rotatable bonds is 5. The van der Waals surface area contributed by atoms with Gasteiger partial charge in [0.25, 0.3) is 0 Å². The summed E-state index contributed by atoms with van der Waals surface area (Å²) in [5.41, 5.74) is 0.434. The highest BCUT2D eigenvalue weighted by Gasteiger charge is 2.33. The highest BCUT2D eigenvalue weighted by Crippen LogP contribution is 2.33. The summed E-state index contributed by atoms with van der Waals surface area (Å²) < 4.78 is 0. The van der Waals surface area contributed by atoms with Gasteiger partial charge in [-0.1, -0.05) is 13.8 Å². The van der Waals surface area contributed by atoms with Crippen molar-refractivity contribution in [2.24, 2.45) is 11.3 Å². The first-order valence-corrected chi connectivity index (χ1v) is 7.20. The Hall–Kier alpha value is -0.120. The number of nitrogens with zero attached hydrogens (tertiary/aromatic N) is 1.